The average Bonchev–Trinajstić information content (AvgIpc) is 3.36. The summed E-state index contributed by atoms with van der Waals surface area (Å²) in [7, 11) is 2.80. The van der Waals surface area contributed by atoms with E-state index < -0.39 is 120 Å². The lowest BCUT2D eigenvalue weighted by Crippen LogP contribution is -2.59. The van der Waals surface area contributed by atoms with Crippen LogP contribution >= 0.6 is 0 Å². The van der Waals surface area contributed by atoms with Gasteiger partial charge in [-0.3, -0.25) is 38.6 Å². The number of guanidine groups is 1. The van der Waals surface area contributed by atoms with Gasteiger partial charge in [0.05, 0.1) is 24.0 Å². The molecule has 1 aliphatic rings. The molecule has 0 bridgehead atoms. The Morgan fingerprint density at radius 1 is 0.813 bits per heavy atom. The van der Waals surface area contributed by atoms with Gasteiger partial charge in [0, 0.05) is 39.5 Å². The van der Waals surface area contributed by atoms with Crippen LogP contribution in [-0.4, -0.2) is 143 Å². The Balaban J connectivity index is 2.14. The summed E-state index contributed by atoms with van der Waals surface area (Å²) in [4.78, 5) is 127. The number of nitrogens with zero attached hydrogens (tertiary/aromatic N) is 2. The highest BCUT2D eigenvalue weighted by atomic mass is 16.5. The molecule has 408 valence electrons. The summed E-state index contributed by atoms with van der Waals surface area (Å²) in [6, 6.07) is 6.06. The molecular weight excluding hydrogens is 973 g/mol. The summed E-state index contributed by atoms with van der Waals surface area (Å²) in [5, 5.41) is 45.4. The Labute approximate surface area is 436 Å². The van der Waals surface area contributed by atoms with Crippen molar-refractivity contribution in [1.29, 1.82) is 0 Å². The molecule has 2 aromatic rings. The fraction of sp³-hybridized carbons (Fsp3) is 0.462. The molecule has 0 aromatic heterocycles. The average molecular weight is 1050 g/mol. The van der Waals surface area contributed by atoms with Gasteiger partial charge in [0.1, 0.15) is 41.7 Å². The number of nitrogens with two attached hydrogens (primary N) is 2. The van der Waals surface area contributed by atoms with Crippen LogP contribution in [0.5, 0.6) is 5.75 Å². The van der Waals surface area contributed by atoms with Crippen molar-refractivity contribution in [3.63, 3.8) is 0 Å². The van der Waals surface area contributed by atoms with Crippen molar-refractivity contribution in [1.82, 2.24) is 36.8 Å². The van der Waals surface area contributed by atoms with E-state index in [1.165, 1.54) is 58.2 Å². The van der Waals surface area contributed by atoms with Crippen molar-refractivity contribution < 1.29 is 63.2 Å². The summed E-state index contributed by atoms with van der Waals surface area (Å²) >= 11 is 0. The van der Waals surface area contributed by atoms with Crippen LogP contribution in [0.2, 0.25) is 0 Å². The number of phenolic OH excluding ortho intramolecular Hbond substituents is 1. The molecule has 0 saturated carbocycles. The standard InChI is InChI=1S/C52H72N10O13/c1-28(25-29(2)41(75-8)27-34-13-10-9-11-14-34)16-21-37-30(3)44(65)59-39(50(71)72)22-23-42(64)62(7)33(6)47(68)56-32(5)46(67)60-40(26-35-17-19-36(63)20-18-35)49(70)61-43(51(73)74)31(4)45(66)58-38(48(69)57-37)15-12-24-55-52(53)54/h9-11,13-14,16-21,25,29-32,37-41,43,63H,6,12,15,22-24,26-27H2,1-5,7-8H3,(H,56,68)(H,57,69)(H,58,66)(H,59,65)(H,60,67)(H,61,70)(H,71,72)(H,73,74)(H4,53,54,55)/b21-16+,28-25-/t29-,30-,31+,32+,37-,38-,39?,40-,41-,43+/m0/s1. The second-order valence-corrected chi connectivity index (χ2v) is 18.5. The molecule has 0 aliphatic carbocycles. The molecule has 13 N–H and O–H groups in total. The Morgan fingerprint density at radius 3 is 2.03 bits per heavy atom. The second-order valence-electron chi connectivity index (χ2n) is 18.5. The number of aliphatic imine (C=N–C) groups is 1. The van der Waals surface area contributed by atoms with Gasteiger partial charge in [-0.2, -0.15) is 0 Å². The minimum Gasteiger partial charge on any atom is -0.508 e. The van der Waals surface area contributed by atoms with Crippen LogP contribution in [0, 0.1) is 17.8 Å². The van der Waals surface area contributed by atoms with Gasteiger partial charge in [0.2, 0.25) is 35.4 Å². The highest BCUT2D eigenvalue weighted by Crippen LogP contribution is 2.19. The van der Waals surface area contributed by atoms with E-state index in [0.29, 0.717) is 17.6 Å². The number of carboxylic acids is 2. The molecule has 23 heteroatoms. The molecule has 0 radical (unpaired) electrons. The lowest BCUT2D eigenvalue weighted by molar-refractivity contribution is -0.146. The van der Waals surface area contributed by atoms with Gasteiger partial charge in [-0.25, -0.2) is 9.59 Å². The largest absolute Gasteiger partial charge is 0.508 e. The topological polar surface area (TPSA) is 363 Å². The molecule has 1 fully saturated rings. The van der Waals surface area contributed by atoms with Gasteiger partial charge in [-0.05, 0) is 62.8 Å². The maximum atomic E-state index is 14.4. The van der Waals surface area contributed by atoms with Crippen molar-refractivity contribution in [2.45, 2.75) is 115 Å². The number of carbonyl (C=O) groups is 9. The number of carboxylic acid groups (broad SMARTS) is 2. The number of rotatable bonds is 15. The number of methoxy groups -OCH3 is 1. The highest BCUT2D eigenvalue weighted by molar-refractivity contribution is 6.00. The Hall–Kier alpha value is -8.08. The Kier molecular flexibility index (Phi) is 24.1. The van der Waals surface area contributed by atoms with E-state index in [-0.39, 0.29) is 49.5 Å². The van der Waals surface area contributed by atoms with Crippen molar-refractivity contribution in [3.05, 3.63) is 102 Å². The van der Waals surface area contributed by atoms with Crippen LogP contribution in [0.25, 0.3) is 0 Å². The summed E-state index contributed by atoms with van der Waals surface area (Å²) in [6.07, 6.45) is 4.20. The number of amides is 7. The number of likely N-dealkylation sites (N-methyl/N-ethyl adjacent to an activating group) is 1. The molecule has 10 atom stereocenters. The van der Waals surface area contributed by atoms with Crippen molar-refractivity contribution in [3.8, 4) is 5.75 Å². The fourth-order valence-corrected chi connectivity index (χ4v) is 7.83. The number of hydrogen-bond acceptors (Lipinski definition) is 12. The third-order valence-electron chi connectivity index (χ3n) is 12.6. The summed E-state index contributed by atoms with van der Waals surface area (Å²) in [6.45, 7) is 11.3. The van der Waals surface area contributed by atoms with Crippen LogP contribution in [0.3, 0.4) is 0 Å². The molecule has 7 amide bonds. The number of aromatic hydroxyl groups is 1. The van der Waals surface area contributed by atoms with Gasteiger partial charge in [-0.1, -0.05) is 93.6 Å². The van der Waals surface area contributed by atoms with Gasteiger partial charge in [0.25, 0.3) is 5.91 Å². The predicted molar refractivity (Wildman–Crippen MR) is 277 cm³/mol. The number of hydrogen-bond donors (Lipinski definition) is 11. The zero-order valence-corrected chi connectivity index (χ0v) is 43.3. The van der Waals surface area contributed by atoms with E-state index in [1.54, 1.807) is 20.1 Å². The van der Waals surface area contributed by atoms with E-state index in [4.69, 9.17) is 16.2 Å². The molecule has 23 nitrogen and oxygen atoms in total. The number of allylic oxidation sites excluding steroid dienone is 2. The first-order valence-electron chi connectivity index (χ1n) is 24.3. The summed E-state index contributed by atoms with van der Waals surface area (Å²) < 4.78 is 5.82. The number of carbonyl (C=O) groups excluding carboxylic acids is 7. The van der Waals surface area contributed by atoms with E-state index in [1.807, 2.05) is 43.3 Å². The molecule has 1 aliphatic heterocycles. The molecule has 0 spiro atoms. The first kappa shape index (κ1) is 61.2. The predicted octanol–water partition coefficient (Wildman–Crippen LogP) is 0.521. The normalized spacial score (nSPS) is 24.5. The van der Waals surface area contributed by atoms with E-state index in [9.17, 15) is 58.5 Å². The first-order valence-corrected chi connectivity index (χ1v) is 24.3. The number of phenols is 1. The quantitative estimate of drug-likeness (QED) is 0.0381. The summed E-state index contributed by atoms with van der Waals surface area (Å²) in [5.74, 6) is -13.0. The minimum atomic E-state index is -1.96. The molecule has 1 unspecified atom stereocenters. The third kappa shape index (κ3) is 19.7. The van der Waals surface area contributed by atoms with Crippen LogP contribution in [0.15, 0.2) is 95.7 Å². The maximum absolute atomic E-state index is 14.4. The van der Waals surface area contributed by atoms with Crippen LogP contribution in [-0.2, 0) is 60.7 Å². The lowest BCUT2D eigenvalue weighted by Gasteiger charge is -2.28. The molecule has 1 heterocycles. The molecule has 75 heavy (non-hydrogen) atoms. The summed E-state index contributed by atoms with van der Waals surface area (Å²) in [5.41, 5.74) is 12.7. The van der Waals surface area contributed by atoms with Crippen molar-refractivity contribution in [2.24, 2.45) is 34.2 Å². The Morgan fingerprint density at radius 2 is 1.43 bits per heavy atom. The Bertz CT molecular complexity index is 2460. The van der Waals surface area contributed by atoms with E-state index in [0.717, 1.165) is 10.5 Å². The van der Waals surface area contributed by atoms with Crippen LogP contribution in [0.4, 0.5) is 0 Å². The molecule has 2 aromatic carbocycles. The number of nitrogens with one attached hydrogen (secondary N) is 6. The number of benzene rings is 2. The maximum Gasteiger partial charge on any atom is 0.327 e. The number of aliphatic carboxylic acids is 2. The minimum absolute atomic E-state index is 0.00181. The highest BCUT2D eigenvalue weighted by Gasteiger charge is 2.37. The van der Waals surface area contributed by atoms with Gasteiger partial charge >= 0.3 is 11.9 Å². The second kappa shape index (κ2) is 29.6. The van der Waals surface area contributed by atoms with Gasteiger partial charge in [-0.15, -0.1) is 0 Å². The monoisotopic (exact) mass is 1040 g/mol. The lowest BCUT2D eigenvalue weighted by atomic mass is 9.94. The zero-order valence-electron chi connectivity index (χ0n) is 43.3. The molecular formula is C52H72N10O13. The van der Waals surface area contributed by atoms with Crippen LogP contribution in [0.1, 0.15) is 71.4 Å². The molecule has 1 saturated heterocycles. The smallest absolute Gasteiger partial charge is 0.327 e. The first-order chi connectivity index (χ1) is 35.3. The number of ether oxygens (including phenoxy) is 1. The third-order valence-corrected chi connectivity index (χ3v) is 12.6. The van der Waals surface area contributed by atoms with E-state index >= 15 is 0 Å². The van der Waals surface area contributed by atoms with Crippen molar-refractivity contribution in [2.75, 3.05) is 20.7 Å². The van der Waals surface area contributed by atoms with Gasteiger partial charge < -0.3 is 68.3 Å². The zero-order chi connectivity index (χ0) is 56.1. The van der Waals surface area contributed by atoms with Gasteiger partial charge in [0.15, 0.2) is 5.96 Å². The van der Waals surface area contributed by atoms with E-state index in [2.05, 4.69) is 43.5 Å². The van der Waals surface area contributed by atoms with Crippen molar-refractivity contribution >= 4 is 59.2 Å². The molecule has 3 rings (SSSR count). The van der Waals surface area contributed by atoms with Crippen LogP contribution < -0.4 is 43.4 Å². The fourth-order valence-electron chi connectivity index (χ4n) is 7.83. The SMILES string of the molecule is C=C1C(=O)N[C@H](C)C(=O)N[C@@H](Cc2ccc(O)cc2)C(=O)N[C@@H](C(=O)O)[C@@H](C)C(=O)N[C@@H](CCCN=C(N)N)C(=O)N[C@@H](/C=C/C(C)=C\[C@H](C)[C@H](Cc2ccccc2)OC)[C@H](C)C(=O)NC(C(=O)O)CCC(=O)N1C.